The second-order valence-corrected chi connectivity index (χ2v) is 4.69. The molecule has 0 radical (unpaired) electrons. The maximum absolute atomic E-state index is 10.7. The van der Waals surface area contributed by atoms with Crippen LogP contribution in [0.5, 0.6) is 0 Å². The summed E-state index contributed by atoms with van der Waals surface area (Å²) in [7, 11) is 0. The number of hydrogen-bond donors (Lipinski definition) is 1. The second kappa shape index (κ2) is 6.02. The second-order valence-electron chi connectivity index (χ2n) is 3.60. The van der Waals surface area contributed by atoms with Crippen LogP contribution in [0.4, 0.5) is 5.69 Å². The van der Waals surface area contributed by atoms with Gasteiger partial charge in [-0.1, -0.05) is 6.92 Å². The molecular formula is C11H10N2O4S. The van der Waals surface area contributed by atoms with Crippen LogP contribution in [-0.2, 0) is 4.79 Å². The Morgan fingerprint density at radius 2 is 2.33 bits per heavy atom. The van der Waals surface area contributed by atoms with Crippen molar-refractivity contribution >= 4 is 23.4 Å². The SMILES string of the molecule is CC(CSc1ccc(C#N)c([N+](=O)[O-])c1)C(=O)O. The average molecular weight is 266 g/mol. The molecule has 0 saturated carbocycles. The number of hydrogen-bond acceptors (Lipinski definition) is 5. The molecule has 7 heteroatoms. The van der Waals surface area contributed by atoms with E-state index in [2.05, 4.69) is 0 Å². The van der Waals surface area contributed by atoms with Crippen molar-refractivity contribution in [2.24, 2.45) is 5.92 Å². The number of aliphatic carboxylic acids is 1. The lowest BCUT2D eigenvalue weighted by molar-refractivity contribution is -0.385. The first-order chi connectivity index (χ1) is 8.45. The van der Waals surface area contributed by atoms with E-state index in [4.69, 9.17) is 10.4 Å². The first-order valence-electron chi connectivity index (χ1n) is 5.00. The van der Waals surface area contributed by atoms with E-state index < -0.39 is 16.8 Å². The molecular weight excluding hydrogens is 256 g/mol. The van der Waals surface area contributed by atoms with Crippen molar-refractivity contribution in [1.82, 2.24) is 0 Å². The molecule has 1 rings (SSSR count). The van der Waals surface area contributed by atoms with Crippen LogP contribution in [0.3, 0.4) is 0 Å². The van der Waals surface area contributed by atoms with Crippen LogP contribution in [0.25, 0.3) is 0 Å². The van der Waals surface area contributed by atoms with Gasteiger partial charge in [-0.3, -0.25) is 14.9 Å². The van der Waals surface area contributed by atoms with Gasteiger partial charge >= 0.3 is 5.97 Å². The van der Waals surface area contributed by atoms with Crippen LogP contribution in [0.1, 0.15) is 12.5 Å². The zero-order chi connectivity index (χ0) is 13.7. The average Bonchev–Trinajstić information content (AvgIpc) is 2.35. The van der Waals surface area contributed by atoms with Crippen molar-refractivity contribution in [2.75, 3.05) is 5.75 Å². The highest BCUT2D eigenvalue weighted by molar-refractivity contribution is 7.99. The molecule has 0 fully saturated rings. The molecule has 0 spiro atoms. The molecule has 0 aliphatic rings. The molecule has 1 atom stereocenters. The van der Waals surface area contributed by atoms with Gasteiger partial charge in [0.15, 0.2) is 0 Å². The fraction of sp³-hybridized carbons (Fsp3) is 0.273. The lowest BCUT2D eigenvalue weighted by Crippen LogP contribution is -2.11. The number of nitro benzene ring substituents is 1. The van der Waals surface area contributed by atoms with Gasteiger partial charge in [-0.15, -0.1) is 11.8 Å². The minimum absolute atomic E-state index is 0.00404. The summed E-state index contributed by atoms with van der Waals surface area (Å²) < 4.78 is 0. The highest BCUT2D eigenvalue weighted by Gasteiger charge is 2.16. The summed E-state index contributed by atoms with van der Waals surface area (Å²) >= 11 is 1.21. The van der Waals surface area contributed by atoms with Crippen molar-refractivity contribution in [1.29, 1.82) is 5.26 Å². The third-order valence-electron chi connectivity index (χ3n) is 2.21. The Balaban J connectivity index is 2.86. The maximum atomic E-state index is 10.7. The van der Waals surface area contributed by atoms with Crippen LogP contribution >= 0.6 is 11.8 Å². The van der Waals surface area contributed by atoms with Crippen LogP contribution in [0, 0.1) is 27.4 Å². The topological polar surface area (TPSA) is 104 Å². The Labute approximate surface area is 107 Å². The largest absolute Gasteiger partial charge is 0.481 e. The number of nitrogens with zero attached hydrogens (tertiary/aromatic N) is 2. The Bertz CT molecular complexity index is 524. The number of thioether (sulfide) groups is 1. The number of carboxylic acid groups (broad SMARTS) is 1. The van der Waals surface area contributed by atoms with Gasteiger partial charge in [-0.25, -0.2) is 0 Å². The molecule has 6 nitrogen and oxygen atoms in total. The minimum Gasteiger partial charge on any atom is -0.481 e. The lowest BCUT2D eigenvalue weighted by Gasteiger charge is -2.05. The van der Waals surface area contributed by atoms with E-state index in [0.717, 1.165) is 0 Å². The van der Waals surface area contributed by atoms with Crippen LogP contribution < -0.4 is 0 Å². The Hall–Kier alpha value is -2.07. The molecule has 1 aromatic rings. The number of carbonyl (C=O) groups is 1. The third-order valence-corrected chi connectivity index (χ3v) is 3.46. The highest BCUT2D eigenvalue weighted by Crippen LogP contribution is 2.27. The summed E-state index contributed by atoms with van der Waals surface area (Å²) in [6.45, 7) is 1.56. The van der Waals surface area contributed by atoms with E-state index in [9.17, 15) is 14.9 Å². The summed E-state index contributed by atoms with van der Waals surface area (Å²) in [5.41, 5.74) is -0.263. The van der Waals surface area contributed by atoms with Gasteiger partial charge in [0.1, 0.15) is 11.6 Å². The molecule has 1 unspecified atom stereocenters. The van der Waals surface area contributed by atoms with Gasteiger partial charge in [-0.2, -0.15) is 5.26 Å². The summed E-state index contributed by atoms with van der Waals surface area (Å²) in [6, 6.07) is 5.97. The van der Waals surface area contributed by atoms with E-state index in [0.29, 0.717) is 10.6 Å². The summed E-state index contributed by atoms with van der Waals surface area (Å²) in [6.07, 6.45) is 0. The molecule has 18 heavy (non-hydrogen) atoms. The van der Waals surface area contributed by atoms with Gasteiger partial charge in [0.05, 0.1) is 10.8 Å². The Morgan fingerprint density at radius 3 is 2.83 bits per heavy atom. The molecule has 1 aromatic carbocycles. The molecule has 0 bridgehead atoms. The van der Waals surface area contributed by atoms with Crippen LogP contribution in [0.15, 0.2) is 23.1 Å². The Kier molecular flexibility index (Phi) is 4.68. The van der Waals surface area contributed by atoms with Gasteiger partial charge in [0.25, 0.3) is 5.69 Å². The molecule has 94 valence electrons. The van der Waals surface area contributed by atoms with E-state index >= 15 is 0 Å². The van der Waals surface area contributed by atoms with Crippen molar-refractivity contribution in [3.63, 3.8) is 0 Å². The minimum atomic E-state index is -0.911. The van der Waals surface area contributed by atoms with Gasteiger partial charge in [-0.05, 0) is 12.1 Å². The molecule has 0 saturated heterocycles. The first kappa shape index (κ1) is 14.0. The molecule has 0 aromatic heterocycles. The summed E-state index contributed by atoms with van der Waals surface area (Å²) in [5.74, 6) is -1.13. The lowest BCUT2D eigenvalue weighted by atomic mass is 10.2. The number of rotatable bonds is 5. The van der Waals surface area contributed by atoms with Crippen LogP contribution in [0.2, 0.25) is 0 Å². The van der Waals surface area contributed by atoms with Gasteiger partial charge in [0.2, 0.25) is 0 Å². The number of benzene rings is 1. The molecule has 0 aliphatic carbocycles. The molecule has 0 heterocycles. The molecule has 0 amide bonds. The highest BCUT2D eigenvalue weighted by atomic mass is 32.2. The number of nitriles is 1. The summed E-state index contributed by atoms with van der Waals surface area (Å²) in [4.78, 5) is 21.3. The van der Waals surface area contributed by atoms with E-state index in [1.54, 1.807) is 19.1 Å². The molecule has 0 aliphatic heterocycles. The van der Waals surface area contributed by atoms with Crippen molar-refractivity contribution < 1.29 is 14.8 Å². The standard InChI is InChI=1S/C11H10N2O4S/c1-7(11(14)15)6-18-9-3-2-8(5-12)10(4-9)13(16)17/h2-4,7H,6H2,1H3,(H,14,15). The normalized spacial score (nSPS) is 11.6. The quantitative estimate of drug-likeness (QED) is 0.498. The predicted molar refractivity (Wildman–Crippen MR) is 65.3 cm³/mol. The van der Waals surface area contributed by atoms with Crippen molar-refractivity contribution in [3.05, 3.63) is 33.9 Å². The maximum Gasteiger partial charge on any atom is 0.307 e. The monoisotopic (exact) mass is 266 g/mol. The van der Waals surface area contributed by atoms with E-state index in [-0.39, 0.29) is 11.3 Å². The smallest absolute Gasteiger partial charge is 0.307 e. The van der Waals surface area contributed by atoms with Crippen LogP contribution in [-0.4, -0.2) is 21.8 Å². The fourth-order valence-corrected chi connectivity index (χ4v) is 2.08. The zero-order valence-electron chi connectivity index (χ0n) is 9.49. The molecule has 1 N–H and O–H groups in total. The number of carboxylic acids is 1. The van der Waals surface area contributed by atoms with Crippen molar-refractivity contribution in [3.8, 4) is 6.07 Å². The Morgan fingerprint density at radius 1 is 1.67 bits per heavy atom. The fourth-order valence-electron chi connectivity index (χ4n) is 1.14. The van der Waals surface area contributed by atoms with Gasteiger partial charge in [0, 0.05) is 16.7 Å². The number of nitro groups is 1. The van der Waals surface area contributed by atoms with E-state index in [1.165, 1.54) is 23.9 Å². The predicted octanol–water partition coefficient (Wildman–Crippen LogP) is 2.28. The summed E-state index contributed by atoms with van der Waals surface area (Å²) in [5, 5.41) is 28.2. The van der Waals surface area contributed by atoms with Gasteiger partial charge < -0.3 is 5.11 Å². The third kappa shape index (κ3) is 3.46. The first-order valence-corrected chi connectivity index (χ1v) is 5.98. The van der Waals surface area contributed by atoms with Crippen molar-refractivity contribution in [2.45, 2.75) is 11.8 Å². The zero-order valence-corrected chi connectivity index (χ0v) is 10.3. The van der Waals surface area contributed by atoms with E-state index in [1.807, 2.05) is 0 Å².